The molecule has 9 heteroatoms. The Morgan fingerprint density at radius 1 is 0.935 bits per heavy atom. The molecule has 0 unspecified atom stereocenters. The fraction of sp³-hybridized carbons (Fsp3) is 0.136. The van der Waals surface area contributed by atoms with Crippen molar-refractivity contribution in [1.29, 1.82) is 0 Å². The molecule has 3 rings (SSSR count). The predicted molar refractivity (Wildman–Crippen MR) is 127 cm³/mol. The molecule has 1 amide bonds. The average Bonchev–Trinajstić information content (AvgIpc) is 2.75. The van der Waals surface area contributed by atoms with E-state index in [9.17, 15) is 13.2 Å². The van der Waals surface area contributed by atoms with E-state index >= 15 is 0 Å². The quantitative estimate of drug-likeness (QED) is 0.417. The highest BCUT2D eigenvalue weighted by molar-refractivity contribution is 7.98. The lowest BCUT2D eigenvalue weighted by atomic mass is 10.2. The zero-order chi connectivity index (χ0) is 22.4. The van der Waals surface area contributed by atoms with Gasteiger partial charge in [-0.2, -0.15) is 4.31 Å². The van der Waals surface area contributed by atoms with Gasteiger partial charge in [-0.3, -0.25) is 4.79 Å². The van der Waals surface area contributed by atoms with Crippen molar-refractivity contribution < 1.29 is 13.2 Å². The highest BCUT2D eigenvalue weighted by Gasteiger charge is 2.27. The third-order valence-electron chi connectivity index (χ3n) is 4.42. The highest BCUT2D eigenvalue weighted by Crippen LogP contribution is 2.25. The number of carbonyl (C=O) groups is 1. The third kappa shape index (κ3) is 6.24. The number of hydrogen-bond donors (Lipinski definition) is 1. The zero-order valence-corrected chi connectivity index (χ0v) is 19.7. The van der Waals surface area contributed by atoms with E-state index in [2.05, 4.69) is 5.32 Å². The summed E-state index contributed by atoms with van der Waals surface area (Å²) in [6.45, 7) is -0.337. The fourth-order valence-electron chi connectivity index (χ4n) is 2.87. The van der Waals surface area contributed by atoms with Gasteiger partial charge in [0.2, 0.25) is 15.9 Å². The number of nitrogens with one attached hydrogen (secondary N) is 1. The number of carbonyl (C=O) groups excluding carboxylic acids is 1. The Kier molecular flexibility index (Phi) is 8.02. The van der Waals surface area contributed by atoms with Gasteiger partial charge >= 0.3 is 0 Å². The van der Waals surface area contributed by atoms with Crippen LogP contribution in [0.1, 0.15) is 5.56 Å². The summed E-state index contributed by atoms with van der Waals surface area (Å²) in [6, 6.07) is 20.0. The van der Waals surface area contributed by atoms with Crippen molar-refractivity contribution in [3.63, 3.8) is 0 Å². The number of thioether (sulfide) groups is 1. The Hall–Kier alpha value is -2.03. The largest absolute Gasteiger partial charge is 0.324 e. The van der Waals surface area contributed by atoms with Gasteiger partial charge in [0.25, 0.3) is 0 Å². The summed E-state index contributed by atoms with van der Waals surface area (Å²) in [7, 11) is -3.95. The first-order valence-corrected chi connectivity index (χ1v) is 12.6. The normalized spacial score (nSPS) is 11.5. The van der Waals surface area contributed by atoms with Crippen LogP contribution < -0.4 is 5.32 Å². The molecule has 0 aromatic heterocycles. The van der Waals surface area contributed by atoms with Crippen molar-refractivity contribution in [3.05, 3.63) is 88.4 Å². The maximum atomic E-state index is 13.3. The van der Waals surface area contributed by atoms with Gasteiger partial charge in [0, 0.05) is 21.5 Å². The molecule has 0 atom stereocenters. The molecule has 31 heavy (non-hydrogen) atoms. The summed E-state index contributed by atoms with van der Waals surface area (Å²) in [4.78, 5) is 13.7. The topological polar surface area (TPSA) is 66.5 Å². The van der Waals surface area contributed by atoms with E-state index in [0.717, 1.165) is 9.20 Å². The van der Waals surface area contributed by atoms with Gasteiger partial charge in [-0.05, 0) is 60.4 Å². The minimum Gasteiger partial charge on any atom is -0.324 e. The van der Waals surface area contributed by atoms with E-state index in [-0.39, 0.29) is 18.0 Å². The molecule has 0 saturated heterocycles. The lowest BCUT2D eigenvalue weighted by Gasteiger charge is -2.22. The van der Waals surface area contributed by atoms with Crippen molar-refractivity contribution >= 4 is 56.6 Å². The highest BCUT2D eigenvalue weighted by atomic mass is 35.5. The number of sulfonamides is 1. The van der Waals surface area contributed by atoms with Crippen LogP contribution in [0.15, 0.2) is 82.6 Å². The minimum absolute atomic E-state index is 0.0136. The number of hydrogen-bond acceptors (Lipinski definition) is 4. The van der Waals surface area contributed by atoms with Crippen molar-refractivity contribution in [3.8, 4) is 0 Å². The van der Waals surface area contributed by atoms with E-state index < -0.39 is 15.9 Å². The zero-order valence-electron chi connectivity index (χ0n) is 16.6. The molecular weight excluding hydrogens is 475 g/mol. The Labute approximate surface area is 196 Å². The van der Waals surface area contributed by atoms with Crippen molar-refractivity contribution in [1.82, 2.24) is 4.31 Å². The van der Waals surface area contributed by atoms with Crippen molar-refractivity contribution in [2.75, 3.05) is 18.1 Å². The molecule has 0 fully saturated rings. The van der Waals surface area contributed by atoms with Crippen LogP contribution in [0.4, 0.5) is 5.69 Å². The second kappa shape index (κ2) is 10.5. The lowest BCUT2D eigenvalue weighted by Crippen LogP contribution is -2.37. The van der Waals surface area contributed by atoms with Crippen LogP contribution in [0, 0.1) is 0 Å². The van der Waals surface area contributed by atoms with Gasteiger partial charge in [0.15, 0.2) is 0 Å². The number of para-hydroxylation sites is 1. The molecule has 3 aromatic rings. The Bertz CT molecular complexity index is 1150. The van der Waals surface area contributed by atoms with Crippen molar-refractivity contribution in [2.24, 2.45) is 0 Å². The Morgan fingerprint density at radius 3 is 2.13 bits per heavy atom. The summed E-state index contributed by atoms with van der Waals surface area (Å²) >= 11 is 13.3. The van der Waals surface area contributed by atoms with Crippen LogP contribution in [0.25, 0.3) is 0 Å². The number of anilines is 1. The number of benzene rings is 3. The summed E-state index contributed by atoms with van der Waals surface area (Å²) in [5.74, 6) is -0.437. The van der Waals surface area contributed by atoms with E-state index in [1.165, 1.54) is 36.0 Å². The van der Waals surface area contributed by atoms with Gasteiger partial charge in [-0.15, -0.1) is 11.8 Å². The monoisotopic (exact) mass is 494 g/mol. The van der Waals surface area contributed by atoms with E-state index in [1.807, 2.05) is 24.5 Å². The van der Waals surface area contributed by atoms with Gasteiger partial charge in [0.1, 0.15) is 0 Å². The second-order valence-electron chi connectivity index (χ2n) is 6.60. The standard InChI is InChI=1S/C22H20Cl2N2O3S2/c1-30-21-5-3-2-4-20(21)25-22(27)15-26(14-16-6-8-17(23)9-7-16)31(28,29)19-12-10-18(24)11-13-19/h2-13H,14-15H2,1H3,(H,25,27). The van der Waals surface area contributed by atoms with Crippen LogP contribution in [0.3, 0.4) is 0 Å². The first kappa shape index (κ1) is 23.6. The molecule has 0 aliphatic rings. The first-order valence-electron chi connectivity index (χ1n) is 9.22. The second-order valence-corrected chi connectivity index (χ2v) is 10.3. The SMILES string of the molecule is CSc1ccccc1NC(=O)CN(Cc1ccc(Cl)cc1)S(=O)(=O)c1ccc(Cl)cc1. The maximum absolute atomic E-state index is 13.3. The van der Waals surface area contributed by atoms with Crippen LogP contribution in [-0.2, 0) is 21.4 Å². The van der Waals surface area contributed by atoms with Crippen LogP contribution in [-0.4, -0.2) is 31.4 Å². The smallest absolute Gasteiger partial charge is 0.243 e. The minimum atomic E-state index is -3.95. The van der Waals surface area contributed by atoms with Gasteiger partial charge in [0.05, 0.1) is 17.1 Å². The van der Waals surface area contributed by atoms with Crippen molar-refractivity contribution in [2.45, 2.75) is 16.3 Å². The van der Waals surface area contributed by atoms with E-state index in [1.54, 1.807) is 30.3 Å². The molecule has 0 aliphatic heterocycles. The van der Waals surface area contributed by atoms with Gasteiger partial charge < -0.3 is 5.32 Å². The molecule has 0 spiro atoms. The number of nitrogens with zero attached hydrogens (tertiary/aromatic N) is 1. The molecule has 0 heterocycles. The third-order valence-corrected chi connectivity index (χ3v) is 7.53. The average molecular weight is 495 g/mol. The van der Waals surface area contributed by atoms with E-state index in [0.29, 0.717) is 21.3 Å². The summed E-state index contributed by atoms with van der Waals surface area (Å²) in [5, 5.41) is 3.78. The number of rotatable bonds is 8. The molecule has 0 aliphatic carbocycles. The number of halogens is 2. The molecule has 1 N–H and O–H groups in total. The van der Waals surface area contributed by atoms with Gasteiger partial charge in [-0.25, -0.2) is 8.42 Å². The van der Waals surface area contributed by atoms with E-state index in [4.69, 9.17) is 23.2 Å². The predicted octanol–water partition coefficient (Wildman–Crippen LogP) is 5.54. The van der Waals surface area contributed by atoms with Crippen LogP contribution in [0.5, 0.6) is 0 Å². The molecule has 5 nitrogen and oxygen atoms in total. The first-order chi connectivity index (χ1) is 14.8. The Morgan fingerprint density at radius 2 is 1.52 bits per heavy atom. The molecule has 0 radical (unpaired) electrons. The lowest BCUT2D eigenvalue weighted by molar-refractivity contribution is -0.116. The molecule has 0 bridgehead atoms. The van der Waals surface area contributed by atoms with Gasteiger partial charge in [-0.1, -0.05) is 47.5 Å². The fourth-order valence-corrected chi connectivity index (χ4v) is 5.06. The van der Waals surface area contributed by atoms with Crippen LogP contribution in [0.2, 0.25) is 10.0 Å². The summed E-state index contributed by atoms with van der Waals surface area (Å²) in [6.07, 6.45) is 1.91. The molecule has 162 valence electrons. The molecule has 0 saturated carbocycles. The summed E-state index contributed by atoms with van der Waals surface area (Å²) < 4.78 is 27.7. The summed E-state index contributed by atoms with van der Waals surface area (Å²) in [5.41, 5.74) is 1.34. The maximum Gasteiger partial charge on any atom is 0.243 e. The van der Waals surface area contributed by atoms with Crippen LogP contribution >= 0.6 is 35.0 Å². The number of amides is 1. The Balaban J connectivity index is 1.88. The molecule has 3 aromatic carbocycles. The molecular formula is C22H20Cl2N2O3S2.